The summed E-state index contributed by atoms with van der Waals surface area (Å²) in [5.41, 5.74) is -0.449. The first-order chi connectivity index (χ1) is 13.4. The van der Waals surface area contributed by atoms with Gasteiger partial charge in [-0.15, -0.1) is 0 Å². The average molecular weight is 405 g/mol. The highest BCUT2D eigenvalue weighted by atomic mass is 35.5. The van der Waals surface area contributed by atoms with E-state index in [0.717, 1.165) is 0 Å². The van der Waals surface area contributed by atoms with Gasteiger partial charge in [-0.25, -0.2) is 14.4 Å². The van der Waals surface area contributed by atoms with Crippen molar-refractivity contribution < 1.29 is 19.1 Å². The number of hydrogen-bond acceptors (Lipinski definition) is 5. The zero-order valence-corrected chi connectivity index (χ0v) is 15.7. The smallest absolute Gasteiger partial charge is 0.291 e. The molecule has 1 aliphatic carbocycles. The number of aromatic nitrogens is 2. The molecule has 1 aromatic carbocycles. The summed E-state index contributed by atoms with van der Waals surface area (Å²) >= 11 is 5.76. The molecule has 0 radical (unpaired) electrons. The van der Waals surface area contributed by atoms with Crippen molar-refractivity contribution in [1.82, 2.24) is 19.8 Å². The van der Waals surface area contributed by atoms with E-state index in [-0.39, 0.29) is 17.6 Å². The van der Waals surface area contributed by atoms with E-state index in [1.54, 1.807) is 15.9 Å². The van der Waals surface area contributed by atoms with Crippen molar-refractivity contribution in [3.63, 3.8) is 0 Å². The highest BCUT2D eigenvalue weighted by Crippen LogP contribution is 2.37. The molecule has 9 heteroatoms. The first kappa shape index (κ1) is 18.8. The summed E-state index contributed by atoms with van der Waals surface area (Å²) in [6.45, 7) is 1.41. The molecule has 1 N–H and O–H groups in total. The molecule has 2 amide bonds. The maximum atomic E-state index is 14.0. The van der Waals surface area contributed by atoms with Crippen molar-refractivity contribution in [1.29, 1.82) is 0 Å². The molecule has 28 heavy (non-hydrogen) atoms. The molecule has 4 rings (SSSR count). The third-order valence-corrected chi connectivity index (χ3v) is 5.30. The zero-order valence-electron chi connectivity index (χ0n) is 14.9. The molecule has 2 heterocycles. The molecule has 0 unspecified atom stereocenters. The summed E-state index contributed by atoms with van der Waals surface area (Å²) in [5, 5.41) is 10.2. The molecule has 7 nitrogen and oxygen atoms in total. The van der Waals surface area contributed by atoms with Gasteiger partial charge in [-0.3, -0.25) is 9.59 Å². The van der Waals surface area contributed by atoms with Gasteiger partial charge < -0.3 is 14.9 Å². The summed E-state index contributed by atoms with van der Waals surface area (Å²) in [7, 11) is 0. The number of halogens is 2. The van der Waals surface area contributed by atoms with Crippen LogP contribution < -0.4 is 0 Å². The van der Waals surface area contributed by atoms with E-state index in [1.807, 2.05) is 0 Å². The molecular weight excluding hydrogens is 387 g/mol. The van der Waals surface area contributed by atoms with E-state index in [1.165, 1.54) is 24.5 Å². The van der Waals surface area contributed by atoms with Crippen LogP contribution in [-0.4, -0.2) is 68.5 Å². The Labute approximate surface area is 165 Å². The van der Waals surface area contributed by atoms with Crippen LogP contribution in [0.15, 0.2) is 30.6 Å². The number of aliphatic hydroxyl groups is 1. The van der Waals surface area contributed by atoms with E-state index in [0.29, 0.717) is 55.2 Å². The predicted octanol–water partition coefficient (Wildman–Crippen LogP) is 1.75. The van der Waals surface area contributed by atoms with Crippen LogP contribution in [0.1, 0.15) is 23.5 Å². The Hall–Kier alpha value is -2.58. The minimum atomic E-state index is -1.19. The Morgan fingerprint density at radius 2 is 1.68 bits per heavy atom. The molecule has 1 aromatic heterocycles. The minimum Gasteiger partial charge on any atom is -0.380 e. The summed E-state index contributed by atoms with van der Waals surface area (Å²) in [6, 6.07) is 4.30. The second kappa shape index (κ2) is 7.10. The third-order valence-electron chi connectivity index (χ3n) is 5.06. The molecule has 2 aromatic rings. The number of rotatable bonds is 3. The van der Waals surface area contributed by atoms with Gasteiger partial charge in [0.15, 0.2) is 0 Å². The summed E-state index contributed by atoms with van der Waals surface area (Å²) < 4.78 is 14.0. The largest absolute Gasteiger partial charge is 0.380 e. The fraction of sp³-hybridized carbons (Fsp3) is 0.368. The number of carbonyl (C=O) groups excluding carboxylic acids is 2. The Morgan fingerprint density at radius 3 is 2.25 bits per heavy atom. The van der Waals surface area contributed by atoms with Gasteiger partial charge in [0.1, 0.15) is 11.4 Å². The maximum absolute atomic E-state index is 14.0. The molecule has 2 aliphatic rings. The molecule has 1 aliphatic heterocycles. The Bertz CT molecular complexity index is 925. The van der Waals surface area contributed by atoms with Crippen LogP contribution in [-0.2, 0) is 4.79 Å². The summed E-state index contributed by atoms with van der Waals surface area (Å²) in [6.07, 6.45) is 3.79. The molecule has 0 bridgehead atoms. The fourth-order valence-electron chi connectivity index (χ4n) is 3.18. The second-order valence-corrected chi connectivity index (χ2v) is 7.47. The van der Waals surface area contributed by atoms with Crippen LogP contribution in [0, 0.1) is 5.82 Å². The lowest BCUT2D eigenvalue weighted by Gasteiger charge is -2.35. The van der Waals surface area contributed by atoms with Gasteiger partial charge in [-0.05, 0) is 31.0 Å². The lowest BCUT2D eigenvalue weighted by molar-refractivity contribution is -0.143. The van der Waals surface area contributed by atoms with E-state index < -0.39 is 11.4 Å². The van der Waals surface area contributed by atoms with Gasteiger partial charge >= 0.3 is 0 Å². The van der Waals surface area contributed by atoms with Gasteiger partial charge in [0.05, 0.1) is 0 Å². The van der Waals surface area contributed by atoms with Gasteiger partial charge in [0.2, 0.25) is 5.82 Å². The third kappa shape index (κ3) is 3.57. The molecular formula is C19H18ClFN4O3. The van der Waals surface area contributed by atoms with E-state index >= 15 is 0 Å². The molecule has 0 atom stereocenters. The normalized spacial score (nSPS) is 18.1. The van der Waals surface area contributed by atoms with Crippen LogP contribution in [0.4, 0.5) is 4.39 Å². The first-order valence-electron chi connectivity index (χ1n) is 8.96. The van der Waals surface area contributed by atoms with Crippen molar-refractivity contribution in [2.45, 2.75) is 18.4 Å². The molecule has 2 fully saturated rings. The number of benzene rings is 1. The highest BCUT2D eigenvalue weighted by Gasteiger charge is 2.50. The van der Waals surface area contributed by atoms with Crippen molar-refractivity contribution in [3.8, 4) is 11.1 Å². The van der Waals surface area contributed by atoms with Crippen LogP contribution in [0.5, 0.6) is 0 Å². The summed E-state index contributed by atoms with van der Waals surface area (Å²) in [4.78, 5) is 36.1. The second-order valence-electron chi connectivity index (χ2n) is 7.04. The molecule has 0 spiro atoms. The molecule has 146 valence electrons. The maximum Gasteiger partial charge on any atom is 0.291 e. The van der Waals surface area contributed by atoms with Crippen molar-refractivity contribution in [2.75, 3.05) is 26.2 Å². The van der Waals surface area contributed by atoms with Crippen molar-refractivity contribution in [3.05, 3.63) is 47.3 Å². The molecule has 1 saturated heterocycles. The Balaban J connectivity index is 1.41. The predicted molar refractivity (Wildman–Crippen MR) is 99.1 cm³/mol. The van der Waals surface area contributed by atoms with Gasteiger partial charge in [-0.1, -0.05) is 11.6 Å². The standard InChI is InChI=1S/C19H18ClFN4O3/c20-13-1-2-14(15(21)9-13)12-10-22-16(23-11-12)17(26)24-5-7-25(8-6-24)18(27)19(28)3-4-19/h1-2,9-11,28H,3-8H2. The number of nitrogens with zero attached hydrogens (tertiary/aromatic N) is 4. The quantitative estimate of drug-likeness (QED) is 0.842. The van der Waals surface area contributed by atoms with Crippen LogP contribution in [0.2, 0.25) is 5.02 Å². The fourth-order valence-corrected chi connectivity index (χ4v) is 3.34. The van der Waals surface area contributed by atoms with Gasteiger partial charge in [0, 0.05) is 54.7 Å². The van der Waals surface area contributed by atoms with E-state index in [2.05, 4.69) is 9.97 Å². The topological polar surface area (TPSA) is 86.6 Å². The Kier molecular flexibility index (Phi) is 4.76. The van der Waals surface area contributed by atoms with E-state index in [9.17, 15) is 19.1 Å². The number of amides is 2. The SMILES string of the molecule is O=C(c1ncc(-c2ccc(Cl)cc2F)cn1)N1CCN(C(=O)C2(O)CC2)CC1. The van der Waals surface area contributed by atoms with Gasteiger partial charge in [-0.2, -0.15) is 0 Å². The Morgan fingerprint density at radius 1 is 1.07 bits per heavy atom. The average Bonchev–Trinajstić information content (AvgIpc) is 3.46. The zero-order chi connectivity index (χ0) is 19.9. The lowest BCUT2D eigenvalue weighted by Crippen LogP contribution is -2.53. The monoisotopic (exact) mass is 404 g/mol. The summed E-state index contributed by atoms with van der Waals surface area (Å²) in [5.74, 6) is -1.09. The van der Waals surface area contributed by atoms with Crippen LogP contribution in [0.3, 0.4) is 0 Å². The first-order valence-corrected chi connectivity index (χ1v) is 9.34. The van der Waals surface area contributed by atoms with E-state index in [4.69, 9.17) is 11.6 Å². The van der Waals surface area contributed by atoms with Crippen LogP contribution in [0.25, 0.3) is 11.1 Å². The number of piperazine rings is 1. The number of carbonyl (C=O) groups is 2. The minimum absolute atomic E-state index is 0.0127. The van der Waals surface area contributed by atoms with Gasteiger partial charge in [0.25, 0.3) is 11.8 Å². The van der Waals surface area contributed by atoms with Crippen LogP contribution >= 0.6 is 11.6 Å². The number of hydrogen-bond donors (Lipinski definition) is 1. The van der Waals surface area contributed by atoms with Crippen molar-refractivity contribution in [2.24, 2.45) is 0 Å². The molecule has 1 saturated carbocycles. The highest BCUT2D eigenvalue weighted by molar-refractivity contribution is 6.30. The van der Waals surface area contributed by atoms with Crippen molar-refractivity contribution >= 4 is 23.4 Å². The lowest BCUT2D eigenvalue weighted by atomic mass is 10.1.